The van der Waals surface area contributed by atoms with E-state index in [9.17, 15) is 19.5 Å². The van der Waals surface area contributed by atoms with Crippen LogP contribution in [0.2, 0.25) is 0 Å². The predicted molar refractivity (Wildman–Crippen MR) is 263 cm³/mol. The van der Waals surface area contributed by atoms with Gasteiger partial charge in [0.1, 0.15) is 34.8 Å². The number of methoxy groups -OCH3 is 1. The van der Waals surface area contributed by atoms with Crippen LogP contribution in [0.25, 0.3) is 11.0 Å². The van der Waals surface area contributed by atoms with Gasteiger partial charge in [-0.05, 0) is 87.5 Å². The summed E-state index contributed by atoms with van der Waals surface area (Å²) in [5.74, 6) is 1.13. The number of anilines is 4. The van der Waals surface area contributed by atoms with Crippen LogP contribution in [-0.2, 0) is 19.0 Å². The van der Waals surface area contributed by atoms with Crippen molar-refractivity contribution in [3.8, 4) is 5.75 Å². The lowest BCUT2D eigenvalue weighted by molar-refractivity contribution is -0.304. The number of hydrogen-bond donors (Lipinski definition) is 9. The number of para-hydroxylation sites is 1. The number of nitrogens with zero attached hydrogens (tertiary/aromatic N) is 1. The molecule has 4 heterocycles. The molecule has 14 N–H and O–H groups in total. The van der Waals surface area contributed by atoms with Crippen LogP contribution < -0.4 is 49.7 Å². The summed E-state index contributed by atoms with van der Waals surface area (Å²) in [6.45, 7) is 19.6. The Bertz CT molecular complexity index is 1960. The largest absolute Gasteiger partial charge is 0.462 e. The first-order valence-corrected chi connectivity index (χ1v) is 21.5. The third kappa shape index (κ3) is 26.3. The van der Waals surface area contributed by atoms with Crippen LogP contribution in [0.4, 0.5) is 27.8 Å². The Hall–Kier alpha value is -6.18. The molecule has 0 radical (unpaired) electrons. The number of rotatable bonds is 7. The van der Waals surface area contributed by atoms with Gasteiger partial charge in [-0.3, -0.25) is 4.79 Å². The Kier molecular flexibility index (Phi) is 33.0. The van der Waals surface area contributed by atoms with Gasteiger partial charge in [0, 0.05) is 50.6 Å². The molecule has 18 nitrogen and oxygen atoms in total. The molecule has 1 unspecified atom stereocenters. The minimum atomic E-state index is -1.38. The van der Waals surface area contributed by atoms with Crippen LogP contribution in [0, 0.1) is 0 Å². The summed E-state index contributed by atoms with van der Waals surface area (Å²) in [6.07, 6.45) is 0.657. The maximum Gasteiger partial charge on any atom is 0.407 e. The normalized spacial score (nSPS) is 16.1. The van der Waals surface area contributed by atoms with Crippen molar-refractivity contribution in [1.82, 2.24) is 15.3 Å². The molecule has 5 aromatic rings. The van der Waals surface area contributed by atoms with Crippen LogP contribution in [-0.4, -0.2) is 84.0 Å². The van der Waals surface area contributed by atoms with E-state index in [2.05, 4.69) is 27.5 Å². The van der Waals surface area contributed by atoms with Gasteiger partial charge in [0.2, 0.25) is 12.2 Å². The summed E-state index contributed by atoms with van der Waals surface area (Å²) < 4.78 is 27.7. The van der Waals surface area contributed by atoms with Gasteiger partial charge in [-0.25, -0.2) is 14.6 Å². The number of amides is 2. The zero-order valence-corrected chi connectivity index (χ0v) is 40.3. The molecule has 1 fully saturated rings. The number of alkyl carbamates (subject to hydrolysis) is 1. The SMILES string of the molecule is CC.CC.CC(C)N.CCCCN.CNC(=O)O[C@@H]1[C@H](O)C(Oc2ccc3cc(NC(C)=O)c(=O)oc3c2)OC(C)(C)[C@@H]1OC.Nc1ccc[nH]1.Nc1ccccc1.Nc1ccccn1. The molecule has 6 rings (SSSR count). The number of nitrogens with one attached hydrogen (secondary N) is 3. The van der Waals surface area contributed by atoms with E-state index in [0.717, 1.165) is 18.1 Å². The number of pyridine rings is 1. The molecule has 65 heavy (non-hydrogen) atoms. The van der Waals surface area contributed by atoms with E-state index in [-0.39, 0.29) is 17.0 Å². The summed E-state index contributed by atoms with van der Waals surface area (Å²) >= 11 is 0. The van der Waals surface area contributed by atoms with E-state index in [1.807, 2.05) is 90.1 Å². The third-order valence-corrected chi connectivity index (χ3v) is 7.66. The Labute approximate surface area is 384 Å². The fraction of sp³-hybridized carbons (Fsp3) is 0.447. The molecule has 1 saturated heterocycles. The fourth-order valence-corrected chi connectivity index (χ4v) is 4.94. The molecule has 4 atom stereocenters. The highest BCUT2D eigenvalue weighted by molar-refractivity contribution is 5.91. The van der Waals surface area contributed by atoms with Crippen molar-refractivity contribution in [2.24, 2.45) is 11.5 Å². The number of unbranched alkanes of at least 4 members (excludes halogenated alkanes) is 1. The number of ether oxygens (including phenoxy) is 4. The van der Waals surface area contributed by atoms with E-state index in [4.69, 9.17) is 52.0 Å². The number of carbonyl (C=O) groups is 2. The van der Waals surface area contributed by atoms with Crippen LogP contribution in [0.5, 0.6) is 5.75 Å². The molecule has 3 aromatic heterocycles. The van der Waals surface area contributed by atoms with E-state index >= 15 is 0 Å². The molecule has 0 bridgehead atoms. The van der Waals surface area contributed by atoms with Gasteiger partial charge < -0.3 is 72.8 Å². The maximum atomic E-state index is 12.1. The minimum absolute atomic E-state index is 0.0197. The Morgan fingerprint density at radius 2 is 1.57 bits per heavy atom. The number of fused-ring (bicyclic) bond motifs is 1. The number of nitrogens with two attached hydrogens (primary N) is 5. The van der Waals surface area contributed by atoms with Gasteiger partial charge >= 0.3 is 11.7 Å². The molecule has 18 heteroatoms. The molecule has 1 aliphatic heterocycles. The van der Waals surface area contributed by atoms with Crippen molar-refractivity contribution in [2.45, 2.75) is 118 Å². The quantitative estimate of drug-likeness (QED) is 0.0584. The molecule has 0 aliphatic carbocycles. The third-order valence-electron chi connectivity index (χ3n) is 7.66. The second-order valence-electron chi connectivity index (χ2n) is 14.0. The Morgan fingerprint density at radius 3 is 1.95 bits per heavy atom. The highest BCUT2D eigenvalue weighted by Crippen LogP contribution is 2.35. The Morgan fingerprint density at radius 1 is 0.954 bits per heavy atom. The number of aromatic nitrogens is 2. The predicted octanol–water partition coefficient (Wildman–Crippen LogP) is 7.05. The van der Waals surface area contributed by atoms with Crippen LogP contribution in [0.1, 0.15) is 82.1 Å². The zero-order chi connectivity index (χ0) is 50.0. The van der Waals surface area contributed by atoms with E-state index < -0.39 is 47.8 Å². The number of benzene rings is 2. The van der Waals surface area contributed by atoms with Crippen molar-refractivity contribution in [3.63, 3.8) is 0 Å². The lowest BCUT2D eigenvalue weighted by atomic mass is 9.89. The van der Waals surface area contributed by atoms with Crippen molar-refractivity contribution in [1.29, 1.82) is 0 Å². The molecular formula is C47H77N9O9. The van der Waals surface area contributed by atoms with Crippen LogP contribution >= 0.6 is 0 Å². The van der Waals surface area contributed by atoms with Gasteiger partial charge in [0.05, 0.1) is 5.60 Å². The molecule has 364 valence electrons. The summed E-state index contributed by atoms with van der Waals surface area (Å²) in [5.41, 5.74) is 25.4. The van der Waals surface area contributed by atoms with Crippen LogP contribution in [0.15, 0.2) is 107 Å². The van der Waals surface area contributed by atoms with Gasteiger partial charge in [0.15, 0.2) is 12.2 Å². The van der Waals surface area contributed by atoms with Gasteiger partial charge in [0.25, 0.3) is 0 Å². The van der Waals surface area contributed by atoms with Crippen molar-refractivity contribution in [3.05, 3.63) is 108 Å². The average molecular weight is 912 g/mol. The molecule has 1 aliphatic rings. The highest BCUT2D eigenvalue weighted by atomic mass is 16.7. The number of carbonyl (C=O) groups excluding carboxylic acids is 2. The van der Waals surface area contributed by atoms with E-state index in [1.54, 1.807) is 50.5 Å². The van der Waals surface area contributed by atoms with E-state index in [1.165, 1.54) is 46.1 Å². The summed E-state index contributed by atoms with van der Waals surface area (Å²) in [5, 5.41) is 16.1. The lowest BCUT2D eigenvalue weighted by Gasteiger charge is -2.47. The average Bonchev–Trinajstić information content (AvgIpc) is 3.76. The highest BCUT2D eigenvalue weighted by Gasteiger charge is 2.53. The lowest BCUT2D eigenvalue weighted by Crippen LogP contribution is -2.65. The van der Waals surface area contributed by atoms with Gasteiger partial charge in [-0.1, -0.05) is 79.2 Å². The van der Waals surface area contributed by atoms with Crippen molar-refractivity contribution in [2.75, 3.05) is 43.2 Å². The molecule has 2 aromatic carbocycles. The van der Waals surface area contributed by atoms with Crippen molar-refractivity contribution < 1.29 is 38.1 Å². The van der Waals surface area contributed by atoms with E-state index in [0.29, 0.717) is 17.2 Å². The number of aromatic amines is 1. The number of aliphatic hydroxyl groups excluding tert-OH is 1. The van der Waals surface area contributed by atoms with Crippen LogP contribution in [0.3, 0.4) is 0 Å². The first-order valence-electron chi connectivity index (χ1n) is 21.5. The van der Waals surface area contributed by atoms with Gasteiger partial charge in [-0.15, -0.1) is 0 Å². The monoisotopic (exact) mass is 912 g/mol. The first-order chi connectivity index (χ1) is 30.9. The Balaban J connectivity index is 0. The number of aliphatic hydroxyl groups is 1. The van der Waals surface area contributed by atoms with Crippen molar-refractivity contribution >= 4 is 46.0 Å². The summed E-state index contributed by atoms with van der Waals surface area (Å²) in [7, 11) is 2.82. The maximum absolute atomic E-state index is 12.1. The summed E-state index contributed by atoms with van der Waals surface area (Å²) in [6, 6.07) is 25.1. The second kappa shape index (κ2) is 35.2. The molecule has 0 spiro atoms. The number of hydrogen-bond acceptors (Lipinski definition) is 15. The number of nitrogen functional groups attached to an aromatic ring is 3. The molecule has 2 amide bonds. The minimum Gasteiger partial charge on any atom is -0.462 e. The number of H-pyrrole nitrogens is 1. The second-order valence-corrected chi connectivity index (χ2v) is 14.0. The van der Waals surface area contributed by atoms with Gasteiger partial charge in [-0.2, -0.15) is 0 Å². The first kappa shape index (κ1) is 60.9. The topological polar surface area (TPSA) is 304 Å². The smallest absolute Gasteiger partial charge is 0.407 e. The molecular weight excluding hydrogens is 835 g/mol. The zero-order valence-electron chi connectivity index (χ0n) is 40.3. The fourth-order valence-electron chi connectivity index (χ4n) is 4.94. The molecule has 0 saturated carbocycles. The standard InChI is InChI=1S/C21H26N2O9.C6H7N.C5H6N2.C4H6N2.C4H11N.C3H9N.2C2H6/c1-10(24)23-13-8-11-6-7-12(9-14(11)30-18(13)26)29-19-15(25)16(31-20(27)22-4)17(28-5)21(2,3)32-19;7-6-4-2-1-3-5-6;6-5-3-1-2-4-7-5;5-4-2-1-3-6-4;1-2-3-4-5;1-3(2)4;2*1-2/h6-9,15-17,19,25H,1-5H3,(H,22,27)(H,23,24);1-5H,7H2;1-4H,(H2,6,7);1-3,6H,5H2;2-5H2,1H3;3H,4H2,1-2H3;2*1-2H3/t15-,16+,17+,19?;;;;;;;/m0......./s1. The summed E-state index contributed by atoms with van der Waals surface area (Å²) in [4.78, 5) is 41.6.